The zero-order valence-corrected chi connectivity index (χ0v) is 14.7. The Kier molecular flexibility index (Phi) is 5.78. The predicted octanol–water partition coefficient (Wildman–Crippen LogP) is 3.47. The van der Waals surface area contributed by atoms with Gasteiger partial charge in [-0.25, -0.2) is 9.78 Å². The summed E-state index contributed by atoms with van der Waals surface area (Å²) < 4.78 is 0. The Morgan fingerprint density at radius 2 is 1.88 bits per heavy atom. The first-order chi connectivity index (χ1) is 12.1. The van der Waals surface area contributed by atoms with Crippen LogP contribution in [-0.4, -0.2) is 40.0 Å². The molecule has 0 aliphatic carbocycles. The van der Waals surface area contributed by atoms with Gasteiger partial charge in [0.2, 0.25) is 0 Å². The van der Waals surface area contributed by atoms with E-state index in [0.29, 0.717) is 10.7 Å². The number of anilines is 1. The third-order valence-corrected chi connectivity index (χ3v) is 5.03. The summed E-state index contributed by atoms with van der Waals surface area (Å²) >= 11 is 1.39. The fourth-order valence-corrected chi connectivity index (χ4v) is 3.62. The van der Waals surface area contributed by atoms with Gasteiger partial charge in [0.15, 0.2) is 5.13 Å². The molecule has 0 unspecified atom stereocenters. The summed E-state index contributed by atoms with van der Waals surface area (Å²) in [6, 6.07) is 5.98. The Labute approximate surface area is 150 Å². The molecule has 0 bridgehead atoms. The molecule has 0 saturated carbocycles. The molecule has 0 atom stereocenters. The lowest BCUT2D eigenvalue weighted by molar-refractivity contribution is 0.0697. The fraction of sp³-hybridized carbons (Fsp3) is 0.389. The Balaban J connectivity index is 1.61. The first kappa shape index (κ1) is 17.6. The zero-order chi connectivity index (χ0) is 17.6. The molecule has 0 spiro atoms. The number of benzene rings is 1. The molecule has 25 heavy (non-hydrogen) atoms. The average molecular weight is 359 g/mol. The number of aromatic nitrogens is 1. The van der Waals surface area contributed by atoms with Crippen LogP contribution in [0.3, 0.4) is 0 Å². The first-order valence-corrected chi connectivity index (χ1v) is 9.31. The number of carboxylic acids is 1. The summed E-state index contributed by atoms with van der Waals surface area (Å²) in [5.74, 6) is -1.40. The van der Waals surface area contributed by atoms with Crippen molar-refractivity contribution in [3.05, 3.63) is 46.5 Å². The Bertz CT molecular complexity index is 752. The van der Waals surface area contributed by atoms with E-state index in [2.05, 4.69) is 15.2 Å². The molecule has 0 radical (unpaired) electrons. The fourth-order valence-electron chi connectivity index (χ4n) is 2.92. The van der Waals surface area contributed by atoms with E-state index in [4.69, 9.17) is 5.11 Å². The molecule has 2 N–H and O–H groups in total. The third kappa shape index (κ3) is 4.87. The minimum atomic E-state index is -1.05. The molecule has 1 amide bonds. The molecule has 1 aromatic carbocycles. The van der Waals surface area contributed by atoms with E-state index in [9.17, 15) is 9.59 Å². The number of nitrogens with one attached hydrogen (secondary N) is 1. The van der Waals surface area contributed by atoms with Crippen LogP contribution >= 0.6 is 11.3 Å². The van der Waals surface area contributed by atoms with Gasteiger partial charge in [-0.05, 0) is 44.1 Å². The highest BCUT2D eigenvalue weighted by Crippen LogP contribution is 2.19. The second-order valence-corrected chi connectivity index (χ2v) is 7.03. The van der Waals surface area contributed by atoms with Crippen LogP contribution in [0.4, 0.5) is 5.13 Å². The van der Waals surface area contributed by atoms with Crippen molar-refractivity contribution in [3.8, 4) is 0 Å². The monoisotopic (exact) mass is 359 g/mol. The van der Waals surface area contributed by atoms with Gasteiger partial charge in [-0.1, -0.05) is 18.9 Å². The molecular weight excluding hydrogens is 338 g/mol. The standard InChI is InChI=1S/C18H21N3O3S/c22-16(13-6-5-7-14(10-13)17(23)24)20-18-19-15(12-25-18)11-21-8-3-1-2-4-9-21/h5-7,10,12H,1-4,8-9,11H2,(H,23,24)(H,19,20,22). The van der Waals surface area contributed by atoms with Crippen molar-refractivity contribution in [2.45, 2.75) is 32.2 Å². The number of likely N-dealkylation sites (tertiary alicyclic amines) is 1. The number of carbonyl (C=O) groups is 2. The summed E-state index contributed by atoms with van der Waals surface area (Å²) in [6.07, 6.45) is 5.05. The summed E-state index contributed by atoms with van der Waals surface area (Å²) in [4.78, 5) is 30.2. The molecule has 1 saturated heterocycles. The SMILES string of the molecule is O=C(O)c1cccc(C(=O)Nc2nc(CN3CCCCCC3)cs2)c1. The van der Waals surface area contributed by atoms with Crippen LogP contribution in [0, 0.1) is 0 Å². The maximum absolute atomic E-state index is 12.3. The normalized spacial score (nSPS) is 15.5. The molecule has 1 aromatic heterocycles. The first-order valence-electron chi connectivity index (χ1n) is 8.43. The van der Waals surface area contributed by atoms with Crippen molar-refractivity contribution in [3.63, 3.8) is 0 Å². The lowest BCUT2D eigenvalue weighted by Gasteiger charge is -2.17. The molecule has 1 aliphatic heterocycles. The smallest absolute Gasteiger partial charge is 0.335 e. The van der Waals surface area contributed by atoms with Crippen LogP contribution in [0.5, 0.6) is 0 Å². The van der Waals surface area contributed by atoms with Crippen molar-refractivity contribution in [2.24, 2.45) is 0 Å². The number of hydrogen-bond donors (Lipinski definition) is 2. The van der Waals surface area contributed by atoms with Gasteiger partial charge in [-0.3, -0.25) is 15.0 Å². The lowest BCUT2D eigenvalue weighted by Crippen LogP contribution is -2.24. The van der Waals surface area contributed by atoms with E-state index in [1.807, 2.05) is 5.38 Å². The van der Waals surface area contributed by atoms with E-state index < -0.39 is 5.97 Å². The van der Waals surface area contributed by atoms with Crippen LogP contribution in [0.25, 0.3) is 0 Å². The highest BCUT2D eigenvalue weighted by Gasteiger charge is 2.14. The second-order valence-electron chi connectivity index (χ2n) is 6.17. The number of amides is 1. The highest BCUT2D eigenvalue weighted by molar-refractivity contribution is 7.13. The number of nitrogens with zero attached hydrogens (tertiary/aromatic N) is 2. The summed E-state index contributed by atoms with van der Waals surface area (Å²) in [6.45, 7) is 3.00. The number of aromatic carboxylic acids is 1. The van der Waals surface area contributed by atoms with Crippen LogP contribution in [-0.2, 0) is 6.54 Å². The minimum absolute atomic E-state index is 0.0913. The molecule has 132 valence electrons. The van der Waals surface area contributed by atoms with E-state index >= 15 is 0 Å². The van der Waals surface area contributed by atoms with Gasteiger partial charge >= 0.3 is 5.97 Å². The molecule has 6 nitrogen and oxygen atoms in total. The van der Waals surface area contributed by atoms with Crippen LogP contribution in [0.1, 0.15) is 52.1 Å². The maximum Gasteiger partial charge on any atom is 0.335 e. The number of carboxylic acid groups (broad SMARTS) is 1. The summed E-state index contributed by atoms with van der Waals surface area (Å²) in [5.41, 5.74) is 1.36. The van der Waals surface area contributed by atoms with E-state index in [-0.39, 0.29) is 11.5 Å². The molecule has 2 aromatic rings. The third-order valence-electron chi connectivity index (χ3n) is 4.23. The van der Waals surface area contributed by atoms with Gasteiger partial charge in [0.05, 0.1) is 11.3 Å². The summed E-state index contributed by atoms with van der Waals surface area (Å²) in [7, 11) is 0. The molecule has 3 rings (SSSR count). The van der Waals surface area contributed by atoms with Crippen molar-refractivity contribution in [2.75, 3.05) is 18.4 Å². The van der Waals surface area contributed by atoms with Gasteiger partial charge < -0.3 is 5.11 Å². The number of carbonyl (C=O) groups excluding carboxylic acids is 1. The average Bonchev–Trinajstić information content (AvgIpc) is 2.88. The van der Waals surface area contributed by atoms with Gasteiger partial charge in [-0.2, -0.15) is 0 Å². The van der Waals surface area contributed by atoms with E-state index in [0.717, 1.165) is 25.3 Å². The van der Waals surface area contributed by atoms with Crippen molar-refractivity contribution < 1.29 is 14.7 Å². The largest absolute Gasteiger partial charge is 0.478 e. The van der Waals surface area contributed by atoms with Gasteiger partial charge in [0.1, 0.15) is 0 Å². The lowest BCUT2D eigenvalue weighted by atomic mass is 10.1. The van der Waals surface area contributed by atoms with E-state index in [1.165, 1.54) is 49.2 Å². The molecule has 1 aliphatic rings. The Hall–Kier alpha value is -2.25. The van der Waals surface area contributed by atoms with Crippen LogP contribution in [0.2, 0.25) is 0 Å². The zero-order valence-electron chi connectivity index (χ0n) is 13.9. The second kappa shape index (κ2) is 8.22. The maximum atomic E-state index is 12.3. The molecule has 2 heterocycles. The highest BCUT2D eigenvalue weighted by atomic mass is 32.1. The minimum Gasteiger partial charge on any atom is -0.478 e. The van der Waals surface area contributed by atoms with Crippen molar-refractivity contribution >= 4 is 28.3 Å². The summed E-state index contributed by atoms with van der Waals surface area (Å²) in [5, 5.41) is 14.3. The number of rotatable bonds is 5. The molecule has 7 heteroatoms. The van der Waals surface area contributed by atoms with Gasteiger partial charge in [0.25, 0.3) is 5.91 Å². The van der Waals surface area contributed by atoms with Crippen molar-refractivity contribution in [1.29, 1.82) is 0 Å². The predicted molar refractivity (Wildman–Crippen MR) is 97.2 cm³/mol. The van der Waals surface area contributed by atoms with E-state index in [1.54, 1.807) is 12.1 Å². The number of hydrogen-bond acceptors (Lipinski definition) is 5. The van der Waals surface area contributed by atoms with Crippen LogP contribution < -0.4 is 5.32 Å². The Morgan fingerprint density at radius 3 is 2.60 bits per heavy atom. The quantitative estimate of drug-likeness (QED) is 0.854. The number of thiazole rings is 1. The van der Waals surface area contributed by atoms with Crippen molar-refractivity contribution in [1.82, 2.24) is 9.88 Å². The van der Waals surface area contributed by atoms with Crippen LogP contribution in [0.15, 0.2) is 29.6 Å². The van der Waals surface area contributed by atoms with Gasteiger partial charge in [0, 0.05) is 17.5 Å². The molecular formula is C18H21N3O3S. The topological polar surface area (TPSA) is 82.5 Å². The van der Waals surface area contributed by atoms with Gasteiger partial charge in [-0.15, -0.1) is 11.3 Å². The molecule has 1 fully saturated rings. The Morgan fingerprint density at radius 1 is 1.16 bits per heavy atom.